The molecule has 1 aromatic rings. The summed E-state index contributed by atoms with van der Waals surface area (Å²) >= 11 is 0. The van der Waals surface area contributed by atoms with Crippen LogP contribution in [0.4, 0.5) is 0 Å². The maximum absolute atomic E-state index is 5.99. The molecule has 0 aliphatic carbocycles. The minimum atomic E-state index is 0.374. The molecule has 1 unspecified atom stereocenters. The van der Waals surface area contributed by atoms with E-state index in [1.165, 1.54) is 24.9 Å². The lowest BCUT2D eigenvalue weighted by Crippen LogP contribution is -2.43. The van der Waals surface area contributed by atoms with Crippen molar-refractivity contribution in [1.29, 1.82) is 0 Å². The van der Waals surface area contributed by atoms with Crippen LogP contribution in [0.3, 0.4) is 0 Å². The van der Waals surface area contributed by atoms with Gasteiger partial charge < -0.3 is 15.4 Å². The fourth-order valence-electron chi connectivity index (χ4n) is 2.50. The van der Waals surface area contributed by atoms with Crippen LogP contribution in [0, 0.1) is 0 Å². The Balaban J connectivity index is 1.78. The number of rotatable bonds is 5. The normalized spacial score (nSPS) is 20.9. The van der Waals surface area contributed by atoms with Crippen molar-refractivity contribution < 1.29 is 4.74 Å². The van der Waals surface area contributed by atoms with Crippen LogP contribution in [-0.2, 0) is 6.42 Å². The molecule has 0 bridgehead atoms. The van der Waals surface area contributed by atoms with Crippen LogP contribution in [0.5, 0.6) is 5.75 Å². The summed E-state index contributed by atoms with van der Waals surface area (Å²) in [4.78, 5) is 2.48. The van der Waals surface area contributed by atoms with Crippen molar-refractivity contribution in [3.63, 3.8) is 0 Å². The maximum atomic E-state index is 5.99. The lowest BCUT2D eigenvalue weighted by atomic mass is 10.1. The van der Waals surface area contributed by atoms with E-state index in [9.17, 15) is 0 Å². The Morgan fingerprint density at radius 2 is 2.11 bits per heavy atom. The molecule has 1 fully saturated rings. The number of likely N-dealkylation sites (tertiary alicyclic amines) is 1. The predicted molar refractivity (Wildman–Crippen MR) is 75.0 cm³/mol. The highest BCUT2D eigenvalue weighted by molar-refractivity contribution is 5.27. The third kappa shape index (κ3) is 4.00. The van der Waals surface area contributed by atoms with Crippen molar-refractivity contribution in [1.82, 2.24) is 4.90 Å². The summed E-state index contributed by atoms with van der Waals surface area (Å²) in [6.45, 7) is 6.10. The summed E-state index contributed by atoms with van der Waals surface area (Å²) in [5.74, 6) is 0.959. The number of hydrogen-bond acceptors (Lipinski definition) is 3. The molecule has 0 amide bonds. The van der Waals surface area contributed by atoms with Crippen molar-refractivity contribution in [2.75, 3.05) is 26.2 Å². The van der Waals surface area contributed by atoms with E-state index in [1.54, 1.807) is 0 Å². The topological polar surface area (TPSA) is 38.5 Å². The molecular weight excluding hydrogens is 224 g/mol. The minimum absolute atomic E-state index is 0.374. The predicted octanol–water partition coefficient (Wildman–Crippen LogP) is 2.05. The molecular formula is C15H24N2O. The van der Waals surface area contributed by atoms with Gasteiger partial charge in [-0.1, -0.05) is 12.1 Å². The average Bonchev–Trinajstić information content (AvgIpc) is 2.38. The van der Waals surface area contributed by atoms with Crippen LogP contribution in [-0.4, -0.2) is 37.2 Å². The van der Waals surface area contributed by atoms with Gasteiger partial charge in [0.05, 0.1) is 6.61 Å². The molecule has 0 radical (unpaired) electrons. The molecule has 1 saturated heterocycles. The maximum Gasteiger partial charge on any atom is 0.119 e. The molecule has 2 N–H and O–H groups in total. The zero-order chi connectivity index (χ0) is 12.8. The molecule has 1 aromatic carbocycles. The van der Waals surface area contributed by atoms with Crippen LogP contribution >= 0.6 is 0 Å². The van der Waals surface area contributed by atoms with Crippen molar-refractivity contribution in [2.45, 2.75) is 32.2 Å². The fourth-order valence-corrected chi connectivity index (χ4v) is 2.50. The van der Waals surface area contributed by atoms with Crippen LogP contribution in [0.1, 0.15) is 25.3 Å². The van der Waals surface area contributed by atoms with Crippen molar-refractivity contribution in [2.24, 2.45) is 5.73 Å². The Labute approximate surface area is 110 Å². The molecule has 1 aliphatic rings. The molecule has 1 atom stereocenters. The van der Waals surface area contributed by atoms with Crippen LogP contribution in [0.25, 0.3) is 0 Å². The SMILES string of the molecule is CCOc1ccc(CCN2CCCC(N)C2)cc1. The first-order valence-corrected chi connectivity index (χ1v) is 6.97. The van der Waals surface area contributed by atoms with Gasteiger partial charge in [0.1, 0.15) is 5.75 Å². The summed E-state index contributed by atoms with van der Waals surface area (Å²) in [6, 6.07) is 8.81. The Morgan fingerprint density at radius 1 is 1.33 bits per heavy atom. The number of nitrogens with zero attached hydrogens (tertiary/aromatic N) is 1. The van der Waals surface area contributed by atoms with Gasteiger partial charge in [-0.25, -0.2) is 0 Å². The van der Waals surface area contributed by atoms with Gasteiger partial charge in [-0.2, -0.15) is 0 Å². The molecule has 0 aromatic heterocycles. The zero-order valence-electron chi connectivity index (χ0n) is 11.3. The van der Waals surface area contributed by atoms with Gasteiger partial charge in [-0.05, 0) is 50.4 Å². The van der Waals surface area contributed by atoms with Crippen molar-refractivity contribution in [3.8, 4) is 5.75 Å². The summed E-state index contributed by atoms with van der Waals surface area (Å²) in [6.07, 6.45) is 3.52. The van der Waals surface area contributed by atoms with Gasteiger partial charge in [-0.3, -0.25) is 0 Å². The second-order valence-corrected chi connectivity index (χ2v) is 5.03. The van der Waals surface area contributed by atoms with Crippen molar-refractivity contribution >= 4 is 0 Å². The van der Waals surface area contributed by atoms with Crippen LogP contribution < -0.4 is 10.5 Å². The summed E-state index contributed by atoms with van der Waals surface area (Å²) in [7, 11) is 0. The van der Waals surface area contributed by atoms with Gasteiger partial charge in [0.2, 0.25) is 0 Å². The van der Waals surface area contributed by atoms with E-state index in [1.807, 2.05) is 6.92 Å². The highest BCUT2D eigenvalue weighted by Gasteiger charge is 2.15. The Hall–Kier alpha value is -1.06. The molecule has 0 spiro atoms. The van der Waals surface area contributed by atoms with Crippen LogP contribution in [0.2, 0.25) is 0 Å². The summed E-state index contributed by atoms with van der Waals surface area (Å²) in [5, 5.41) is 0. The van der Waals surface area contributed by atoms with Gasteiger partial charge >= 0.3 is 0 Å². The largest absolute Gasteiger partial charge is 0.494 e. The van der Waals surface area contributed by atoms with E-state index in [-0.39, 0.29) is 0 Å². The van der Waals surface area contributed by atoms with Gasteiger partial charge in [0.15, 0.2) is 0 Å². The third-order valence-electron chi connectivity index (χ3n) is 3.49. The third-order valence-corrected chi connectivity index (χ3v) is 3.49. The highest BCUT2D eigenvalue weighted by Crippen LogP contribution is 2.14. The quantitative estimate of drug-likeness (QED) is 0.866. The number of nitrogens with two attached hydrogens (primary N) is 1. The second kappa shape index (κ2) is 6.76. The zero-order valence-corrected chi connectivity index (χ0v) is 11.3. The lowest BCUT2D eigenvalue weighted by Gasteiger charge is -2.30. The summed E-state index contributed by atoms with van der Waals surface area (Å²) in [5.41, 5.74) is 7.36. The Morgan fingerprint density at radius 3 is 2.78 bits per heavy atom. The van der Waals surface area contributed by atoms with Crippen LogP contribution in [0.15, 0.2) is 24.3 Å². The molecule has 100 valence electrons. The van der Waals surface area contributed by atoms with Crippen molar-refractivity contribution in [3.05, 3.63) is 29.8 Å². The van der Waals surface area contributed by atoms with E-state index >= 15 is 0 Å². The summed E-state index contributed by atoms with van der Waals surface area (Å²) < 4.78 is 5.44. The molecule has 1 heterocycles. The Bertz CT molecular complexity index is 350. The van der Waals surface area contributed by atoms with E-state index in [4.69, 9.17) is 10.5 Å². The molecule has 3 nitrogen and oxygen atoms in total. The van der Waals surface area contributed by atoms with E-state index in [2.05, 4.69) is 29.2 Å². The number of hydrogen-bond donors (Lipinski definition) is 1. The first kappa shape index (κ1) is 13.4. The first-order chi connectivity index (χ1) is 8.78. The van der Waals surface area contributed by atoms with E-state index < -0.39 is 0 Å². The average molecular weight is 248 g/mol. The molecule has 18 heavy (non-hydrogen) atoms. The van der Waals surface area contributed by atoms with E-state index in [0.717, 1.165) is 31.9 Å². The Kier molecular flexibility index (Phi) is 5.02. The van der Waals surface area contributed by atoms with E-state index in [0.29, 0.717) is 6.04 Å². The molecule has 0 saturated carbocycles. The monoisotopic (exact) mass is 248 g/mol. The number of benzene rings is 1. The minimum Gasteiger partial charge on any atom is -0.494 e. The molecule has 3 heteroatoms. The van der Waals surface area contributed by atoms with Gasteiger partial charge in [0.25, 0.3) is 0 Å². The first-order valence-electron chi connectivity index (χ1n) is 6.97. The second-order valence-electron chi connectivity index (χ2n) is 5.03. The standard InChI is InChI=1S/C15H24N2O/c1-2-18-15-7-5-13(6-8-15)9-11-17-10-3-4-14(16)12-17/h5-8,14H,2-4,9-12,16H2,1H3. The highest BCUT2D eigenvalue weighted by atomic mass is 16.5. The van der Waals surface area contributed by atoms with Gasteiger partial charge in [0, 0.05) is 19.1 Å². The van der Waals surface area contributed by atoms with Gasteiger partial charge in [-0.15, -0.1) is 0 Å². The lowest BCUT2D eigenvalue weighted by molar-refractivity contribution is 0.211. The smallest absolute Gasteiger partial charge is 0.119 e. The number of ether oxygens (including phenoxy) is 1. The molecule has 1 aliphatic heterocycles. The molecule has 2 rings (SSSR count). The fraction of sp³-hybridized carbons (Fsp3) is 0.600. The number of piperidine rings is 1.